The van der Waals surface area contributed by atoms with Crippen LogP contribution >= 0.6 is 0 Å². The van der Waals surface area contributed by atoms with Gasteiger partial charge in [0.05, 0.1) is 17.0 Å². The lowest BCUT2D eigenvalue weighted by Gasteiger charge is -2.31. The zero-order valence-corrected chi connectivity index (χ0v) is 11.6. The van der Waals surface area contributed by atoms with Gasteiger partial charge in [-0.15, -0.1) is 0 Å². The Morgan fingerprint density at radius 2 is 2.05 bits per heavy atom. The second-order valence-corrected chi connectivity index (χ2v) is 5.24. The molecule has 0 atom stereocenters. The van der Waals surface area contributed by atoms with E-state index in [1.54, 1.807) is 0 Å². The number of hydrogen-bond acceptors (Lipinski definition) is 3. The summed E-state index contributed by atoms with van der Waals surface area (Å²) in [7, 11) is 0. The molecule has 1 saturated heterocycles. The van der Waals surface area contributed by atoms with Gasteiger partial charge in [0.2, 0.25) is 5.95 Å². The van der Waals surface area contributed by atoms with Gasteiger partial charge in [-0.3, -0.25) is 4.79 Å². The smallest absolute Gasteiger partial charge is 0.306 e. The van der Waals surface area contributed by atoms with Crippen molar-refractivity contribution in [3.63, 3.8) is 0 Å². The molecule has 1 aromatic carbocycles. The summed E-state index contributed by atoms with van der Waals surface area (Å²) in [5, 5.41) is 9.07. The molecule has 0 bridgehead atoms. The summed E-state index contributed by atoms with van der Waals surface area (Å²) in [5.74, 6) is 0.0943. The average Bonchev–Trinajstić information content (AvgIpc) is 2.85. The molecule has 1 aliphatic rings. The number of piperidine rings is 1. The van der Waals surface area contributed by atoms with E-state index >= 15 is 0 Å². The Labute approximate surface area is 117 Å². The Balaban J connectivity index is 1.89. The topological polar surface area (TPSA) is 58.4 Å². The minimum atomic E-state index is -0.673. The van der Waals surface area contributed by atoms with Crippen LogP contribution in [0.3, 0.4) is 0 Å². The molecule has 0 spiro atoms. The summed E-state index contributed by atoms with van der Waals surface area (Å²) < 4.78 is 2.20. The highest BCUT2D eigenvalue weighted by Gasteiger charge is 2.26. The molecule has 0 unspecified atom stereocenters. The van der Waals surface area contributed by atoms with Crippen molar-refractivity contribution < 1.29 is 9.90 Å². The first-order valence-corrected chi connectivity index (χ1v) is 7.13. The van der Waals surface area contributed by atoms with Gasteiger partial charge in [0.25, 0.3) is 0 Å². The second-order valence-electron chi connectivity index (χ2n) is 5.24. The second kappa shape index (κ2) is 5.15. The number of carbonyl (C=O) groups is 1. The number of aromatic nitrogens is 2. The number of benzene rings is 1. The number of aryl methyl sites for hydroxylation is 1. The molecule has 0 aliphatic carbocycles. The Morgan fingerprint density at radius 3 is 2.70 bits per heavy atom. The molecule has 1 fully saturated rings. The van der Waals surface area contributed by atoms with Gasteiger partial charge in [0, 0.05) is 19.6 Å². The van der Waals surface area contributed by atoms with Gasteiger partial charge < -0.3 is 14.6 Å². The Bertz CT molecular complexity index is 627. The number of anilines is 1. The molecule has 106 valence electrons. The van der Waals surface area contributed by atoms with E-state index in [-0.39, 0.29) is 5.92 Å². The van der Waals surface area contributed by atoms with Crippen LogP contribution in [0.2, 0.25) is 0 Å². The van der Waals surface area contributed by atoms with Crippen LogP contribution in [0.15, 0.2) is 24.3 Å². The summed E-state index contributed by atoms with van der Waals surface area (Å²) in [6.45, 7) is 4.51. The fraction of sp³-hybridized carbons (Fsp3) is 0.467. The summed E-state index contributed by atoms with van der Waals surface area (Å²) >= 11 is 0. The first-order chi connectivity index (χ1) is 9.70. The van der Waals surface area contributed by atoms with Crippen LogP contribution in [-0.2, 0) is 11.3 Å². The molecular formula is C15H19N3O2. The lowest BCUT2D eigenvalue weighted by atomic mass is 9.97. The lowest BCUT2D eigenvalue weighted by Crippen LogP contribution is -2.37. The fourth-order valence-corrected chi connectivity index (χ4v) is 2.94. The predicted molar refractivity (Wildman–Crippen MR) is 78.0 cm³/mol. The van der Waals surface area contributed by atoms with Crippen LogP contribution < -0.4 is 4.90 Å². The third-order valence-electron chi connectivity index (χ3n) is 4.08. The zero-order valence-electron chi connectivity index (χ0n) is 11.6. The van der Waals surface area contributed by atoms with E-state index in [2.05, 4.69) is 22.5 Å². The first-order valence-electron chi connectivity index (χ1n) is 7.13. The van der Waals surface area contributed by atoms with Gasteiger partial charge in [0.1, 0.15) is 0 Å². The molecule has 3 rings (SSSR count). The number of carboxylic acids is 1. The SMILES string of the molecule is CCn1c(N2CCC(C(=O)O)CC2)nc2ccccc21. The maximum absolute atomic E-state index is 11.0. The Morgan fingerprint density at radius 1 is 1.35 bits per heavy atom. The van der Waals surface area contributed by atoms with Gasteiger partial charge >= 0.3 is 5.97 Å². The molecule has 1 aromatic heterocycles. The average molecular weight is 273 g/mol. The fourth-order valence-electron chi connectivity index (χ4n) is 2.94. The van der Waals surface area contributed by atoms with Crippen molar-refractivity contribution in [1.29, 1.82) is 0 Å². The molecule has 1 N–H and O–H groups in total. The van der Waals surface area contributed by atoms with E-state index in [1.165, 1.54) is 0 Å². The van der Waals surface area contributed by atoms with E-state index in [1.807, 2.05) is 18.2 Å². The molecule has 1 aliphatic heterocycles. The van der Waals surface area contributed by atoms with Gasteiger partial charge in [-0.2, -0.15) is 0 Å². The van der Waals surface area contributed by atoms with Gasteiger partial charge in [0.15, 0.2) is 0 Å². The third-order valence-corrected chi connectivity index (χ3v) is 4.08. The zero-order chi connectivity index (χ0) is 14.1. The van der Waals surface area contributed by atoms with Crippen LogP contribution in [0.4, 0.5) is 5.95 Å². The van der Waals surface area contributed by atoms with E-state index in [9.17, 15) is 4.79 Å². The van der Waals surface area contributed by atoms with Crippen molar-refractivity contribution in [2.75, 3.05) is 18.0 Å². The quantitative estimate of drug-likeness (QED) is 0.932. The van der Waals surface area contributed by atoms with Crippen molar-refractivity contribution >= 4 is 23.0 Å². The van der Waals surface area contributed by atoms with Crippen LogP contribution in [0.5, 0.6) is 0 Å². The predicted octanol–water partition coefficient (Wildman–Crippen LogP) is 2.36. The maximum Gasteiger partial charge on any atom is 0.306 e. The third kappa shape index (κ3) is 2.13. The van der Waals surface area contributed by atoms with Crippen LogP contribution in [0.25, 0.3) is 11.0 Å². The summed E-state index contributed by atoms with van der Waals surface area (Å²) in [6, 6.07) is 8.13. The number of nitrogens with zero attached hydrogens (tertiary/aromatic N) is 3. The number of fused-ring (bicyclic) bond motifs is 1. The molecule has 2 aromatic rings. The summed E-state index contributed by atoms with van der Waals surface area (Å²) in [5.41, 5.74) is 2.15. The minimum absolute atomic E-state index is 0.203. The summed E-state index contributed by atoms with van der Waals surface area (Å²) in [4.78, 5) is 18.0. The lowest BCUT2D eigenvalue weighted by molar-refractivity contribution is -0.142. The Kier molecular flexibility index (Phi) is 3.34. The van der Waals surface area contributed by atoms with E-state index in [0.29, 0.717) is 12.8 Å². The van der Waals surface area contributed by atoms with Gasteiger partial charge in [-0.1, -0.05) is 12.1 Å². The van der Waals surface area contributed by atoms with E-state index in [0.717, 1.165) is 36.6 Å². The molecule has 0 amide bonds. The molecule has 0 saturated carbocycles. The highest BCUT2D eigenvalue weighted by molar-refractivity contribution is 5.79. The van der Waals surface area contributed by atoms with Crippen LogP contribution in [-0.4, -0.2) is 33.7 Å². The number of aliphatic carboxylic acids is 1. The molecule has 5 heteroatoms. The van der Waals surface area contributed by atoms with Crippen molar-refractivity contribution in [3.05, 3.63) is 24.3 Å². The molecular weight excluding hydrogens is 254 g/mol. The summed E-state index contributed by atoms with van der Waals surface area (Å²) in [6.07, 6.45) is 1.39. The number of imidazole rings is 1. The Hall–Kier alpha value is -2.04. The highest BCUT2D eigenvalue weighted by Crippen LogP contribution is 2.26. The highest BCUT2D eigenvalue weighted by atomic mass is 16.4. The van der Waals surface area contributed by atoms with Crippen molar-refractivity contribution in [3.8, 4) is 0 Å². The van der Waals surface area contributed by atoms with Gasteiger partial charge in [-0.05, 0) is 31.9 Å². The number of para-hydroxylation sites is 2. The normalized spacial score (nSPS) is 16.8. The largest absolute Gasteiger partial charge is 0.481 e. The molecule has 0 radical (unpaired) electrons. The first kappa shape index (κ1) is 13.0. The number of rotatable bonds is 3. The molecule has 2 heterocycles. The van der Waals surface area contributed by atoms with Crippen molar-refractivity contribution in [1.82, 2.24) is 9.55 Å². The minimum Gasteiger partial charge on any atom is -0.481 e. The van der Waals surface area contributed by atoms with Gasteiger partial charge in [-0.25, -0.2) is 4.98 Å². The van der Waals surface area contributed by atoms with E-state index in [4.69, 9.17) is 10.1 Å². The maximum atomic E-state index is 11.0. The van der Waals surface area contributed by atoms with Crippen molar-refractivity contribution in [2.45, 2.75) is 26.3 Å². The van der Waals surface area contributed by atoms with Crippen LogP contribution in [0, 0.1) is 5.92 Å². The van der Waals surface area contributed by atoms with Crippen molar-refractivity contribution in [2.24, 2.45) is 5.92 Å². The monoisotopic (exact) mass is 273 g/mol. The number of hydrogen-bond donors (Lipinski definition) is 1. The number of carboxylic acid groups (broad SMARTS) is 1. The molecule has 5 nitrogen and oxygen atoms in total. The standard InChI is InChI=1S/C15H19N3O2/c1-2-18-13-6-4-3-5-12(13)16-15(18)17-9-7-11(8-10-17)14(19)20/h3-6,11H,2,7-10H2,1H3,(H,19,20). The van der Waals surface area contributed by atoms with Crippen LogP contribution in [0.1, 0.15) is 19.8 Å². The molecule has 20 heavy (non-hydrogen) atoms. The van der Waals surface area contributed by atoms with E-state index < -0.39 is 5.97 Å².